The van der Waals surface area contributed by atoms with Crippen LogP contribution in [-0.4, -0.2) is 64.1 Å². The second kappa shape index (κ2) is 9.51. The molecule has 0 radical (unpaired) electrons. The highest BCUT2D eigenvalue weighted by Gasteiger charge is 2.25. The minimum Gasteiger partial charge on any atom is -0.497 e. The molecule has 1 aliphatic heterocycles. The van der Waals surface area contributed by atoms with Gasteiger partial charge in [-0.25, -0.2) is 4.98 Å². The topological polar surface area (TPSA) is 84.6 Å². The van der Waals surface area contributed by atoms with Crippen molar-refractivity contribution in [2.75, 3.05) is 33.3 Å². The fourth-order valence-electron chi connectivity index (χ4n) is 3.72. The van der Waals surface area contributed by atoms with E-state index < -0.39 is 0 Å². The molecule has 168 valence electrons. The summed E-state index contributed by atoms with van der Waals surface area (Å²) in [4.78, 5) is 26.7. The molecule has 9 heteroatoms. The number of carbonyl (C=O) groups excluding carboxylic acids is 1. The second-order valence-electron chi connectivity index (χ2n) is 7.70. The summed E-state index contributed by atoms with van der Waals surface area (Å²) in [5, 5.41) is 4.96. The van der Waals surface area contributed by atoms with Gasteiger partial charge in [0, 0.05) is 37.3 Å². The molecular formula is C24H23N5O3S. The van der Waals surface area contributed by atoms with Crippen molar-refractivity contribution in [2.24, 2.45) is 0 Å². The van der Waals surface area contributed by atoms with Gasteiger partial charge in [-0.2, -0.15) is 4.98 Å². The molecule has 33 heavy (non-hydrogen) atoms. The normalized spacial score (nSPS) is 14.4. The Labute approximate surface area is 195 Å². The second-order valence-corrected chi connectivity index (χ2v) is 8.73. The van der Waals surface area contributed by atoms with Crippen LogP contribution in [-0.2, 0) is 6.54 Å². The molecule has 2 aromatic carbocycles. The summed E-state index contributed by atoms with van der Waals surface area (Å²) in [7, 11) is 1.63. The SMILES string of the molecule is COc1ccc(-c2noc(CN3CCN(C(=O)c4cnc(-c5ccccc5)s4)CC3)n2)cc1. The zero-order valence-electron chi connectivity index (χ0n) is 18.2. The van der Waals surface area contributed by atoms with E-state index in [1.807, 2.05) is 59.5 Å². The van der Waals surface area contributed by atoms with E-state index in [-0.39, 0.29) is 5.91 Å². The summed E-state index contributed by atoms with van der Waals surface area (Å²) in [5.74, 6) is 1.94. The number of amides is 1. The van der Waals surface area contributed by atoms with E-state index in [0.717, 1.165) is 35.0 Å². The number of benzene rings is 2. The molecular weight excluding hydrogens is 438 g/mol. The molecule has 5 rings (SSSR count). The van der Waals surface area contributed by atoms with Crippen LogP contribution in [0.15, 0.2) is 65.3 Å². The predicted molar refractivity (Wildman–Crippen MR) is 125 cm³/mol. The number of thiazole rings is 1. The van der Waals surface area contributed by atoms with Gasteiger partial charge < -0.3 is 14.2 Å². The number of aromatic nitrogens is 3. The van der Waals surface area contributed by atoms with Gasteiger partial charge in [0.05, 0.1) is 19.9 Å². The van der Waals surface area contributed by atoms with Crippen LogP contribution in [0.3, 0.4) is 0 Å². The fourth-order valence-corrected chi connectivity index (χ4v) is 4.61. The van der Waals surface area contributed by atoms with Gasteiger partial charge in [0.1, 0.15) is 15.6 Å². The zero-order chi connectivity index (χ0) is 22.6. The van der Waals surface area contributed by atoms with E-state index in [9.17, 15) is 4.79 Å². The molecule has 3 heterocycles. The number of carbonyl (C=O) groups is 1. The molecule has 8 nitrogen and oxygen atoms in total. The van der Waals surface area contributed by atoms with Crippen molar-refractivity contribution >= 4 is 17.2 Å². The Kier molecular flexibility index (Phi) is 6.14. The minimum absolute atomic E-state index is 0.0360. The molecule has 0 unspecified atom stereocenters. The molecule has 0 saturated carbocycles. The lowest BCUT2D eigenvalue weighted by molar-refractivity contribution is 0.0619. The molecule has 0 N–H and O–H groups in total. The number of piperazine rings is 1. The van der Waals surface area contributed by atoms with E-state index in [0.29, 0.717) is 36.2 Å². The van der Waals surface area contributed by atoms with Crippen molar-refractivity contribution in [3.63, 3.8) is 0 Å². The molecule has 0 bridgehead atoms. The predicted octanol–water partition coefficient (Wildman–Crippen LogP) is 3.83. The maximum atomic E-state index is 12.9. The van der Waals surface area contributed by atoms with Crippen molar-refractivity contribution < 1.29 is 14.1 Å². The summed E-state index contributed by atoms with van der Waals surface area (Å²) in [6.07, 6.45) is 1.68. The quantitative estimate of drug-likeness (QED) is 0.431. The van der Waals surface area contributed by atoms with E-state index >= 15 is 0 Å². The number of hydrogen-bond acceptors (Lipinski definition) is 8. The van der Waals surface area contributed by atoms with Gasteiger partial charge in [-0.3, -0.25) is 9.69 Å². The third-order valence-corrected chi connectivity index (χ3v) is 6.61. The maximum Gasteiger partial charge on any atom is 0.265 e. The van der Waals surface area contributed by atoms with Gasteiger partial charge in [0.25, 0.3) is 5.91 Å². The summed E-state index contributed by atoms with van der Waals surface area (Å²) >= 11 is 1.44. The van der Waals surface area contributed by atoms with Crippen molar-refractivity contribution in [1.29, 1.82) is 0 Å². The van der Waals surface area contributed by atoms with E-state index in [1.54, 1.807) is 13.3 Å². The van der Waals surface area contributed by atoms with Crippen LogP contribution in [0.25, 0.3) is 22.0 Å². The summed E-state index contributed by atoms with van der Waals surface area (Å²) < 4.78 is 10.6. The first-order valence-corrected chi connectivity index (χ1v) is 11.5. The Morgan fingerprint density at radius 3 is 2.52 bits per heavy atom. The summed E-state index contributed by atoms with van der Waals surface area (Å²) in [6.45, 7) is 3.35. The van der Waals surface area contributed by atoms with Gasteiger partial charge in [0.15, 0.2) is 0 Å². The first-order valence-electron chi connectivity index (χ1n) is 10.7. The summed E-state index contributed by atoms with van der Waals surface area (Å²) in [5.41, 5.74) is 1.90. The van der Waals surface area contributed by atoms with Gasteiger partial charge in [-0.05, 0) is 24.3 Å². The lowest BCUT2D eigenvalue weighted by atomic mass is 10.2. The van der Waals surface area contributed by atoms with Gasteiger partial charge in [-0.1, -0.05) is 35.5 Å². The fraction of sp³-hybridized carbons (Fsp3) is 0.250. The lowest BCUT2D eigenvalue weighted by Gasteiger charge is -2.33. The Bertz CT molecular complexity index is 1210. The van der Waals surface area contributed by atoms with E-state index in [2.05, 4.69) is 20.0 Å². The smallest absolute Gasteiger partial charge is 0.265 e. The molecule has 2 aromatic heterocycles. The molecule has 1 fully saturated rings. The average Bonchev–Trinajstić information content (AvgIpc) is 3.55. The number of ether oxygens (including phenoxy) is 1. The van der Waals surface area contributed by atoms with E-state index in [4.69, 9.17) is 9.26 Å². The molecule has 1 saturated heterocycles. The Morgan fingerprint density at radius 1 is 1.03 bits per heavy atom. The third kappa shape index (κ3) is 4.79. The first-order chi connectivity index (χ1) is 16.2. The number of hydrogen-bond donors (Lipinski definition) is 0. The standard InChI is InChI=1S/C24H23N5O3S/c1-31-19-9-7-17(8-10-19)22-26-21(32-27-22)16-28-11-13-29(14-12-28)24(30)20-15-25-23(33-20)18-5-3-2-4-6-18/h2-10,15H,11-14,16H2,1H3. The number of rotatable bonds is 6. The van der Waals surface area contributed by atoms with Crippen molar-refractivity contribution in [3.05, 3.63) is 71.6 Å². The van der Waals surface area contributed by atoms with Crippen LogP contribution in [0.5, 0.6) is 5.75 Å². The van der Waals surface area contributed by atoms with Crippen molar-refractivity contribution in [3.8, 4) is 27.7 Å². The highest BCUT2D eigenvalue weighted by Crippen LogP contribution is 2.26. The Balaban J connectivity index is 1.16. The minimum atomic E-state index is 0.0360. The first kappa shape index (κ1) is 21.3. The van der Waals surface area contributed by atoms with Gasteiger partial charge in [-0.15, -0.1) is 11.3 Å². The van der Waals surface area contributed by atoms with Crippen molar-refractivity contribution in [2.45, 2.75) is 6.54 Å². The zero-order valence-corrected chi connectivity index (χ0v) is 19.0. The summed E-state index contributed by atoms with van der Waals surface area (Å²) in [6, 6.07) is 17.5. The maximum absolute atomic E-state index is 12.9. The molecule has 1 amide bonds. The van der Waals surface area contributed by atoms with Crippen LogP contribution in [0.1, 0.15) is 15.6 Å². The average molecular weight is 462 g/mol. The Morgan fingerprint density at radius 2 is 1.79 bits per heavy atom. The highest BCUT2D eigenvalue weighted by molar-refractivity contribution is 7.16. The molecule has 0 spiro atoms. The van der Waals surface area contributed by atoms with Gasteiger partial charge in [0.2, 0.25) is 11.7 Å². The van der Waals surface area contributed by atoms with Crippen LogP contribution < -0.4 is 4.74 Å². The molecule has 0 atom stereocenters. The highest BCUT2D eigenvalue weighted by atomic mass is 32.1. The van der Waals surface area contributed by atoms with Crippen molar-refractivity contribution in [1.82, 2.24) is 24.9 Å². The molecule has 0 aliphatic carbocycles. The van der Waals surface area contributed by atoms with Crippen LogP contribution in [0, 0.1) is 0 Å². The third-order valence-electron chi connectivity index (χ3n) is 5.57. The van der Waals surface area contributed by atoms with Crippen LogP contribution in [0.2, 0.25) is 0 Å². The lowest BCUT2D eigenvalue weighted by Crippen LogP contribution is -2.48. The monoisotopic (exact) mass is 461 g/mol. The van der Waals surface area contributed by atoms with E-state index in [1.165, 1.54) is 11.3 Å². The molecule has 1 aliphatic rings. The van der Waals surface area contributed by atoms with Crippen LogP contribution >= 0.6 is 11.3 Å². The Hall–Kier alpha value is -3.56. The van der Waals surface area contributed by atoms with Gasteiger partial charge >= 0.3 is 0 Å². The number of nitrogens with zero attached hydrogens (tertiary/aromatic N) is 5. The number of methoxy groups -OCH3 is 1. The van der Waals surface area contributed by atoms with Crippen LogP contribution in [0.4, 0.5) is 0 Å². The molecule has 4 aromatic rings. The largest absolute Gasteiger partial charge is 0.497 e.